The van der Waals surface area contributed by atoms with E-state index in [0.29, 0.717) is 22.0 Å². The Balaban J connectivity index is 1.90. The second-order valence-corrected chi connectivity index (χ2v) is 6.32. The molecular weight excluding hydrogens is 391 g/mol. The van der Waals surface area contributed by atoms with Gasteiger partial charge in [-0.1, -0.05) is 0 Å². The maximum Gasteiger partial charge on any atom is 0.406 e. The van der Waals surface area contributed by atoms with Gasteiger partial charge in [-0.2, -0.15) is 13.2 Å². The Morgan fingerprint density at radius 3 is 2.52 bits per heavy atom. The average molecular weight is 413 g/mol. The second kappa shape index (κ2) is 9.99. The Bertz CT molecular complexity index is 818. The smallest absolute Gasteiger partial charge is 0.406 e. The van der Waals surface area contributed by atoms with E-state index in [1.54, 1.807) is 18.2 Å². The van der Waals surface area contributed by atoms with E-state index in [9.17, 15) is 22.8 Å². The third-order valence-electron chi connectivity index (χ3n) is 4.01. The third kappa shape index (κ3) is 7.17. The molecule has 1 amide bonds. The molecule has 2 aromatic rings. The SMILES string of the molecule is COc1cc(C(C)=O)ccc1OCCCC(=O)N(Cc1ccco1)CC(F)(F)F. The molecule has 0 aliphatic carbocycles. The summed E-state index contributed by atoms with van der Waals surface area (Å²) < 4.78 is 54.1. The highest BCUT2D eigenvalue weighted by molar-refractivity contribution is 5.94. The molecule has 1 aromatic carbocycles. The first-order chi connectivity index (χ1) is 13.7. The number of methoxy groups -OCH3 is 1. The van der Waals surface area contributed by atoms with Crippen molar-refractivity contribution in [3.63, 3.8) is 0 Å². The number of alkyl halides is 3. The van der Waals surface area contributed by atoms with Crippen LogP contribution >= 0.6 is 0 Å². The summed E-state index contributed by atoms with van der Waals surface area (Å²) in [4.78, 5) is 24.4. The summed E-state index contributed by atoms with van der Waals surface area (Å²) in [6, 6.07) is 7.75. The van der Waals surface area contributed by atoms with Crippen molar-refractivity contribution in [3.05, 3.63) is 47.9 Å². The zero-order chi connectivity index (χ0) is 21.4. The van der Waals surface area contributed by atoms with Gasteiger partial charge in [-0.15, -0.1) is 0 Å². The number of ether oxygens (including phenoxy) is 2. The molecule has 9 heteroatoms. The normalized spacial score (nSPS) is 11.2. The molecule has 0 aliphatic heterocycles. The van der Waals surface area contributed by atoms with E-state index in [1.165, 1.54) is 32.4 Å². The summed E-state index contributed by atoms with van der Waals surface area (Å²) in [7, 11) is 1.43. The topological polar surface area (TPSA) is 69.0 Å². The van der Waals surface area contributed by atoms with Crippen molar-refractivity contribution in [3.8, 4) is 11.5 Å². The van der Waals surface area contributed by atoms with Gasteiger partial charge in [0.25, 0.3) is 0 Å². The molecular formula is C20H22F3NO5. The van der Waals surface area contributed by atoms with E-state index in [2.05, 4.69) is 0 Å². The Kier molecular flexibility index (Phi) is 7.69. The largest absolute Gasteiger partial charge is 0.493 e. The first kappa shape index (κ1) is 22.3. The fourth-order valence-electron chi connectivity index (χ4n) is 2.61. The standard InChI is InChI=1S/C20H22F3NO5/c1-14(25)15-7-8-17(18(11-15)27-2)29-10-4-6-19(26)24(13-20(21,22)23)12-16-5-3-9-28-16/h3,5,7-9,11H,4,6,10,12-13H2,1-2H3. The molecule has 0 saturated heterocycles. The molecule has 1 aromatic heterocycles. The number of furan rings is 1. The first-order valence-corrected chi connectivity index (χ1v) is 8.88. The van der Waals surface area contributed by atoms with Gasteiger partial charge in [0.15, 0.2) is 17.3 Å². The van der Waals surface area contributed by atoms with E-state index in [-0.39, 0.29) is 37.5 Å². The summed E-state index contributed by atoms with van der Waals surface area (Å²) >= 11 is 0. The lowest BCUT2D eigenvalue weighted by Crippen LogP contribution is -2.38. The number of carbonyl (C=O) groups excluding carboxylic acids is 2. The van der Waals surface area contributed by atoms with Crippen LogP contribution in [0.15, 0.2) is 41.0 Å². The molecule has 0 saturated carbocycles. The number of Topliss-reactive ketones (excluding diaryl/α,β-unsaturated/α-hetero) is 1. The maximum atomic E-state index is 12.8. The minimum absolute atomic E-state index is 0.0993. The highest BCUT2D eigenvalue weighted by Gasteiger charge is 2.33. The first-order valence-electron chi connectivity index (χ1n) is 8.88. The molecule has 0 bridgehead atoms. The van der Waals surface area contributed by atoms with E-state index < -0.39 is 18.6 Å². The Hall–Kier alpha value is -2.97. The molecule has 158 valence electrons. The minimum atomic E-state index is -4.51. The lowest BCUT2D eigenvalue weighted by atomic mass is 10.1. The van der Waals surface area contributed by atoms with Crippen molar-refractivity contribution in [2.45, 2.75) is 32.5 Å². The van der Waals surface area contributed by atoms with Crippen molar-refractivity contribution >= 4 is 11.7 Å². The van der Waals surface area contributed by atoms with Crippen LogP contribution in [0.1, 0.15) is 35.9 Å². The van der Waals surface area contributed by atoms with Gasteiger partial charge in [0.2, 0.25) is 5.91 Å². The molecule has 0 aliphatic rings. The Morgan fingerprint density at radius 2 is 1.93 bits per heavy atom. The van der Waals surface area contributed by atoms with E-state index in [1.807, 2.05) is 0 Å². The van der Waals surface area contributed by atoms with Gasteiger partial charge in [0.1, 0.15) is 12.3 Å². The van der Waals surface area contributed by atoms with Gasteiger partial charge in [0, 0.05) is 12.0 Å². The van der Waals surface area contributed by atoms with E-state index in [4.69, 9.17) is 13.9 Å². The molecule has 0 radical (unpaired) electrons. The molecule has 0 atom stereocenters. The lowest BCUT2D eigenvalue weighted by molar-refractivity contribution is -0.163. The fraction of sp³-hybridized carbons (Fsp3) is 0.400. The number of hydrogen-bond donors (Lipinski definition) is 0. The van der Waals surface area contributed by atoms with Gasteiger partial charge in [-0.3, -0.25) is 9.59 Å². The van der Waals surface area contributed by atoms with Crippen LogP contribution in [-0.4, -0.2) is 43.0 Å². The quantitative estimate of drug-likeness (QED) is 0.431. The molecule has 0 unspecified atom stereocenters. The predicted molar refractivity (Wildman–Crippen MR) is 97.9 cm³/mol. The van der Waals surface area contributed by atoms with Gasteiger partial charge in [-0.05, 0) is 43.7 Å². The summed E-state index contributed by atoms with van der Waals surface area (Å²) in [6.07, 6.45) is -3.08. The van der Waals surface area contributed by atoms with Crippen LogP contribution in [-0.2, 0) is 11.3 Å². The molecule has 29 heavy (non-hydrogen) atoms. The Labute approximate surface area is 166 Å². The van der Waals surface area contributed by atoms with Crippen LogP contribution in [0.3, 0.4) is 0 Å². The summed E-state index contributed by atoms with van der Waals surface area (Å²) in [6.45, 7) is -0.0846. The van der Waals surface area contributed by atoms with Crippen molar-refractivity contribution in [1.82, 2.24) is 4.90 Å². The summed E-state index contributed by atoms with van der Waals surface area (Å²) in [5.74, 6) is 0.241. The number of ketones is 1. The molecule has 0 N–H and O–H groups in total. The van der Waals surface area contributed by atoms with Crippen molar-refractivity contribution in [2.24, 2.45) is 0 Å². The molecule has 0 spiro atoms. The van der Waals surface area contributed by atoms with Crippen LogP contribution in [0.4, 0.5) is 13.2 Å². The summed E-state index contributed by atoms with van der Waals surface area (Å²) in [5.41, 5.74) is 0.463. The zero-order valence-electron chi connectivity index (χ0n) is 16.1. The number of hydrogen-bond acceptors (Lipinski definition) is 5. The number of halogens is 3. The van der Waals surface area contributed by atoms with Gasteiger partial charge in [-0.25, -0.2) is 0 Å². The third-order valence-corrected chi connectivity index (χ3v) is 4.01. The van der Waals surface area contributed by atoms with Gasteiger partial charge < -0.3 is 18.8 Å². The van der Waals surface area contributed by atoms with Crippen molar-refractivity contribution in [2.75, 3.05) is 20.3 Å². The van der Waals surface area contributed by atoms with Crippen molar-refractivity contribution < 1.29 is 36.7 Å². The molecule has 0 fully saturated rings. The second-order valence-electron chi connectivity index (χ2n) is 6.32. The van der Waals surface area contributed by atoms with E-state index >= 15 is 0 Å². The molecule has 6 nitrogen and oxygen atoms in total. The fourth-order valence-corrected chi connectivity index (χ4v) is 2.61. The zero-order valence-corrected chi connectivity index (χ0v) is 16.1. The molecule has 2 rings (SSSR count). The van der Waals surface area contributed by atoms with Crippen LogP contribution in [0, 0.1) is 0 Å². The van der Waals surface area contributed by atoms with Crippen LogP contribution in [0.2, 0.25) is 0 Å². The van der Waals surface area contributed by atoms with E-state index in [0.717, 1.165) is 0 Å². The lowest BCUT2D eigenvalue weighted by Gasteiger charge is -2.23. The number of rotatable bonds is 10. The average Bonchev–Trinajstić information content (AvgIpc) is 3.16. The summed E-state index contributed by atoms with van der Waals surface area (Å²) in [5, 5.41) is 0. The Morgan fingerprint density at radius 1 is 1.17 bits per heavy atom. The minimum Gasteiger partial charge on any atom is -0.493 e. The van der Waals surface area contributed by atoms with Gasteiger partial charge >= 0.3 is 6.18 Å². The number of carbonyl (C=O) groups is 2. The van der Waals surface area contributed by atoms with Crippen molar-refractivity contribution in [1.29, 1.82) is 0 Å². The number of nitrogens with zero attached hydrogens (tertiary/aromatic N) is 1. The highest BCUT2D eigenvalue weighted by Crippen LogP contribution is 2.28. The van der Waals surface area contributed by atoms with Crippen LogP contribution in [0.25, 0.3) is 0 Å². The number of benzene rings is 1. The van der Waals surface area contributed by atoms with Gasteiger partial charge in [0.05, 0.1) is 26.5 Å². The van der Waals surface area contributed by atoms with Crippen LogP contribution < -0.4 is 9.47 Å². The molecule has 1 heterocycles. The highest BCUT2D eigenvalue weighted by atomic mass is 19.4. The monoisotopic (exact) mass is 413 g/mol. The maximum absolute atomic E-state index is 12.8. The predicted octanol–water partition coefficient (Wildman–Crippen LogP) is 4.24. The van der Waals surface area contributed by atoms with Crippen LogP contribution in [0.5, 0.6) is 11.5 Å². The number of amides is 1.